The van der Waals surface area contributed by atoms with Crippen LogP contribution in [0.4, 0.5) is 0 Å². The maximum Gasteiger partial charge on any atom is 0.325 e. The molecule has 0 atom stereocenters. The molecule has 5 nitrogen and oxygen atoms in total. The van der Waals surface area contributed by atoms with E-state index in [2.05, 4.69) is 17.2 Å². The third kappa shape index (κ3) is 3.12. The van der Waals surface area contributed by atoms with Gasteiger partial charge in [0.1, 0.15) is 12.2 Å². The highest BCUT2D eigenvalue weighted by molar-refractivity contribution is 5.82. The molecule has 19 heavy (non-hydrogen) atoms. The van der Waals surface area contributed by atoms with Gasteiger partial charge in [0, 0.05) is 24.3 Å². The van der Waals surface area contributed by atoms with Crippen LogP contribution in [0.1, 0.15) is 19.4 Å². The van der Waals surface area contributed by atoms with E-state index in [1.165, 1.54) is 0 Å². The standard InChI is InChI=1S/C14H19N3O2/c1-3-15-8-11-9-17(10-13(18)19-4-2)14-12(11)6-5-7-16-14/h5-7,9,15H,3-4,8,10H2,1-2H3. The zero-order chi connectivity index (χ0) is 13.7. The molecule has 2 rings (SSSR count). The normalized spacial score (nSPS) is 10.8. The summed E-state index contributed by atoms with van der Waals surface area (Å²) < 4.78 is 6.83. The van der Waals surface area contributed by atoms with E-state index in [4.69, 9.17) is 4.74 Å². The number of carbonyl (C=O) groups is 1. The molecule has 0 saturated carbocycles. The number of hydrogen-bond donors (Lipinski definition) is 1. The minimum absolute atomic E-state index is 0.202. The average molecular weight is 261 g/mol. The zero-order valence-corrected chi connectivity index (χ0v) is 11.3. The average Bonchev–Trinajstić information content (AvgIpc) is 2.75. The Bertz CT molecular complexity index is 563. The van der Waals surface area contributed by atoms with Crippen LogP contribution < -0.4 is 5.32 Å². The van der Waals surface area contributed by atoms with Crippen molar-refractivity contribution in [1.29, 1.82) is 0 Å². The van der Waals surface area contributed by atoms with E-state index in [1.807, 2.05) is 22.9 Å². The molecule has 0 bridgehead atoms. The molecule has 102 valence electrons. The predicted octanol–water partition coefficient (Wildman–Crippen LogP) is 1.71. The first kappa shape index (κ1) is 13.5. The summed E-state index contributed by atoms with van der Waals surface area (Å²) in [5.74, 6) is -0.236. The minimum atomic E-state index is -0.236. The Labute approximate surface area is 112 Å². The summed E-state index contributed by atoms with van der Waals surface area (Å²) in [6.07, 6.45) is 3.71. The lowest BCUT2D eigenvalue weighted by atomic mass is 10.2. The number of rotatable bonds is 6. The second-order valence-electron chi connectivity index (χ2n) is 4.24. The third-order valence-corrected chi connectivity index (χ3v) is 2.89. The number of fused-ring (bicyclic) bond motifs is 1. The number of carbonyl (C=O) groups excluding carboxylic acids is 1. The van der Waals surface area contributed by atoms with Crippen LogP contribution in [0.15, 0.2) is 24.5 Å². The Morgan fingerprint density at radius 1 is 1.47 bits per heavy atom. The van der Waals surface area contributed by atoms with Crippen molar-refractivity contribution in [2.45, 2.75) is 26.9 Å². The largest absolute Gasteiger partial charge is 0.465 e. The number of pyridine rings is 1. The SMILES string of the molecule is CCNCc1cn(CC(=O)OCC)c2ncccc12. The van der Waals surface area contributed by atoms with E-state index >= 15 is 0 Å². The van der Waals surface area contributed by atoms with E-state index in [9.17, 15) is 4.79 Å². The van der Waals surface area contributed by atoms with Crippen LogP contribution in [-0.2, 0) is 22.6 Å². The van der Waals surface area contributed by atoms with Crippen molar-refractivity contribution in [1.82, 2.24) is 14.9 Å². The van der Waals surface area contributed by atoms with E-state index in [0.29, 0.717) is 6.61 Å². The number of nitrogens with zero attached hydrogens (tertiary/aromatic N) is 2. The Balaban J connectivity index is 2.30. The van der Waals surface area contributed by atoms with E-state index in [-0.39, 0.29) is 12.5 Å². The third-order valence-electron chi connectivity index (χ3n) is 2.89. The fourth-order valence-corrected chi connectivity index (χ4v) is 2.06. The lowest BCUT2D eigenvalue weighted by Crippen LogP contribution is -2.13. The molecule has 0 fully saturated rings. The number of nitrogens with one attached hydrogen (secondary N) is 1. The van der Waals surface area contributed by atoms with E-state index in [1.54, 1.807) is 13.1 Å². The second kappa shape index (κ2) is 6.33. The van der Waals surface area contributed by atoms with Crippen LogP contribution in [0.3, 0.4) is 0 Å². The van der Waals surface area contributed by atoms with Gasteiger partial charge in [0.25, 0.3) is 0 Å². The van der Waals surface area contributed by atoms with Crippen molar-refractivity contribution in [2.75, 3.05) is 13.2 Å². The maximum absolute atomic E-state index is 11.6. The fraction of sp³-hybridized carbons (Fsp3) is 0.429. The van der Waals surface area contributed by atoms with Gasteiger partial charge in [0.2, 0.25) is 0 Å². The molecule has 5 heteroatoms. The molecule has 0 aromatic carbocycles. The van der Waals surface area contributed by atoms with E-state index in [0.717, 1.165) is 29.7 Å². The molecule has 0 saturated heterocycles. The van der Waals surface area contributed by atoms with Crippen molar-refractivity contribution >= 4 is 17.0 Å². The highest BCUT2D eigenvalue weighted by Gasteiger charge is 2.11. The first-order valence-corrected chi connectivity index (χ1v) is 6.55. The lowest BCUT2D eigenvalue weighted by molar-refractivity contribution is -0.143. The topological polar surface area (TPSA) is 56.2 Å². The van der Waals surface area contributed by atoms with Crippen LogP contribution in [0, 0.1) is 0 Å². The van der Waals surface area contributed by atoms with Crippen molar-refractivity contribution in [2.24, 2.45) is 0 Å². The quantitative estimate of drug-likeness (QED) is 0.804. The van der Waals surface area contributed by atoms with Crippen LogP contribution in [0.2, 0.25) is 0 Å². The van der Waals surface area contributed by atoms with Gasteiger partial charge in [0.15, 0.2) is 0 Å². The summed E-state index contributed by atoms with van der Waals surface area (Å²) in [5, 5.41) is 4.37. The van der Waals surface area contributed by atoms with Gasteiger partial charge in [-0.1, -0.05) is 6.92 Å². The molecule has 2 aromatic heterocycles. The summed E-state index contributed by atoms with van der Waals surface area (Å²) >= 11 is 0. The fourth-order valence-electron chi connectivity index (χ4n) is 2.06. The smallest absolute Gasteiger partial charge is 0.325 e. The summed E-state index contributed by atoms with van der Waals surface area (Å²) in [5.41, 5.74) is 1.97. The zero-order valence-electron chi connectivity index (χ0n) is 11.3. The highest BCUT2D eigenvalue weighted by Crippen LogP contribution is 2.19. The van der Waals surface area contributed by atoms with Gasteiger partial charge in [-0.2, -0.15) is 0 Å². The Morgan fingerprint density at radius 3 is 3.05 bits per heavy atom. The van der Waals surface area contributed by atoms with Gasteiger partial charge >= 0.3 is 5.97 Å². The van der Waals surface area contributed by atoms with Crippen molar-refractivity contribution < 1.29 is 9.53 Å². The minimum Gasteiger partial charge on any atom is -0.465 e. The van der Waals surface area contributed by atoms with Crippen molar-refractivity contribution in [3.63, 3.8) is 0 Å². The molecule has 0 amide bonds. The first-order chi connectivity index (χ1) is 9.26. The van der Waals surface area contributed by atoms with Crippen molar-refractivity contribution in [3.05, 3.63) is 30.1 Å². The molecule has 0 aliphatic carbocycles. The summed E-state index contributed by atoms with van der Waals surface area (Å²) in [7, 11) is 0. The molecule has 0 radical (unpaired) electrons. The second-order valence-corrected chi connectivity index (χ2v) is 4.24. The molecule has 2 aromatic rings. The maximum atomic E-state index is 11.6. The Hall–Kier alpha value is -1.88. The van der Waals surface area contributed by atoms with Gasteiger partial charge in [-0.25, -0.2) is 4.98 Å². The van der Waals surface area contributed by atoms with Crippen molar-refractivity contribution in [3.8, 4) is 0 Å². The van der Waals surface area contributed by atoms with Crippen LogP contribution in [-0.4, -0.2) is 28.7 Å². The molecular weight excluding hydrogens is 242 g/mol. The number of aromatic nitrogens is 2. The van der Waals surface area contributed by atoms with Gasteiger partial charge in [-0.3, -0.25) is 4.79 Å². The number of esters is 1. The molecule has 1 N–H and O–H groups in total. The summed E-state index contributed by atoms with van der Waals surface area (Å²) in [6.45, 7) is 6.15. The van der Waals surface area contributed by atoms with Gasteiger partial charge in [-0.15, -0.1) is 0 Å². The molecule has 0 aliphatic heterocycles. The predicted molar refractivity (Wildman–Crippen MR) is 73.7 cm³/mol. The number of hydrogen-bond acceptors (Lipinski definition) is 4. The van der Waals surface area contributed by atoms with E-state index < -0.39 is 0 Å². The molecular formula is C14H19N3O2. The molecule has 0 aliphatic rings. The van der Waals surface area contributed by atoms with Gasteiger partial charge in [0.05, 0.1) is 6.61 Å². The Kier molecular flexibility index (Phi) is 4.52. The molecule has 2 heterocycles. The van der Waals surface area contributed by atoms with Crippen LogP contribution in [0.5, 0.6) is 0 Å². The van der Waals surface area contributed by atoms with Gasteiger partial charge in [-0.05, 0) is 31.2 Å². The number of ether oxygens (including phenoxy) is 1. The molecule has 0 unspecified atom stereocenters. The van der Waals surface area contributed by atoms with Crippen LogP contribution >= 0.6 is 0 Å². The first-order valence-electron chi connectivity index (χ1n) is 6.55. The summed E-state index contributed by atoms with van der Waals surface area (Å²) in [6, 6.07) is 3.93. The highest BCUT2D eigenvalue weighted by atomic mass is 16.5. The molecule has 0 spiro atoms. The summed E-state index contributed by atoms with van der Waals surface area (Å²) in [4.78, 5) is 15.9. The monoisotopic (exact) mass is 261 g/mol. The van der Waals surface area contributed by atoms with Crippen LogP contribution in [0.25, 0.3) is 11.0 Å². The Morgan fingerprint density at radius 2 is 2.32 bits per heavy atom. The van der Waals surface area contributed by atoms with Gasteiger partial charge < -0.3 is 14.6 Å². The lowest BCUT2D eigenvalue weighted by Gasteiger charge is -2.03.